The quantitative estimate of drug-likeness (QED) is 0.558. The van der Waals surface area contributed by atoms with Gasteiger partial charge in [-0.2, -0.15) is 0 Å². The first-order valence-electron chi connectivity index (χ1n) is 6.86. The number of ether oxygens (including phenoxy) is 1. The van der Waals surface area contributed by atoms with Gasteiger partial charge < -0.3 is 24.3 Å². The van der Waals surface area contributed by atoms with E-state index in [0.29, 0.717) is 38.5 Å². The van der Waals surface area contributed by atoms with E-state index in [9.17, 15) is 4.79 Å². The summed E-state index contributed by atoms with van der Waals surface area (Å²) in [6.45, 7) is 3.55. The molecule has 0 amide bonds. The van der Waals surface area contributed by atoms with Crippen molar-refractivity contribution in [2.45, 2.75) is 19.8 Å². The maximum atomic E-state index is 11.7. The highest BCUT2D eigenvalue weighted by molar-refractivity contribution is 6.33. The summed E-state index contributed by atoms with van der Waals surface area (Å²) in [5.41, 5.74) is 0. The molecule has 1 saturated heterocycles. The molecule has 0 spiro atoms. The second-order valence-corrected chi connectivity index (χ2v) is 4.68. The molecule has 21 heavy (non-hydrogen) atoms. The summed E-state index contributed by atoms with van der Waals surface area (Å²) in [5, 5.41) is 17.3. The molecule has 1 fully saturated rings. The van der Waals surface area contributed by atoms with Crippen molar-refractivity contribution in [2.75, 3.05) is 24.6 Å². The van der Waals surface area contributed by atoms with Crippen molar-refractivity contribution in [1.29, 1.82) is 0 Å². The molecule has 8 nitrogen and oxygen atoms in total. The Hall–Kier alpha value is -1.87. The van der Waals surface area contributed by atoms with Crippen molar-refractivity contribution >= 4 is 19.2 Å². The minimum atomic E-state index is -1.89. The summed E-state index contributed by atoms with van der Waals surface area (Å²) in [6.07, 6.45) is 4.16. The fourth-order valence-corrected chi connectivity index (χ4v) is 2.23. The second-order valence-electron chi connectivity index (χ2n) is 4.68. The van der Waals surface area contributed by atoms with E-state index in [-0.39, 0.29) is 17.6 Å². The third-order valence-corrected chi connectivity index (χ3v) is 3.25. The van der Waals surface area contributed by atoms with Crippen LogP contribution in [0.3, 0.4) is 0 Å². The highest BCUT2D eigenvalue weighted by atomic mass is 16.6. The number of piperidine rings is 1. The molecule has 0 atom stereocenters. The highest BCUT2D eigenvalue weighted by Crippen LogP contribution is 2.22. The maximum absolute atomic E-state index is 11.7. The van der Waals surface area contributed by atoms with Crippen LogP contribution in [-0.2, 0) is 9.53 Å². The number of hydrogen-bond acceptors (Lipinski definition) is 8. The predicted octanol–water partition coefficient (Wildman–Crippen LogP) is -0.396. The van der Waals surface area contributed by atoms with Gasteiger partial charge in [0.05, 0.1) is 24.9 Å². The lowest BCUT2D eigenvalue weighted by molar-refractivity contribution is -0.148. The lowest BCUT2D eigenvalue weighted by Crippen LogP contribution is -2.37. The number of esters is 1. The fourth-order valence-electron chi connectivity index (χ4n) is 2.23. The van der Waals surface area contributed by atoms with Gasteiger partial charge in [0.25, 0.3) is 0 Å². The van der Waals surface area contributed by atoms with Crippen molar-refractivity contribution in [3.05, 3.63) is 12.4 Å². The summed E-state index contributed by atoms with van der Waals surface area (Å²) in [4.78, 5) is 21.8. The molecule has 1 aromatic rings. The number of rotatable bonds is 5. The van der Waals surface area contributed by atoms with E-state index < -0.39 is 7.32 Å². The Morgan fingerprint density at radius 2 is 2.00 bits per heavy atom. The monoisotopic (exact) mass is 295 g/mol. The Labute approximate surface area is 122 Å². The normalized spacial score (nSPS) is 15.7. The van der Waals surface area contributed by atoms with Crippen molar-refractivity contribution < 1.29 is 24.2 Å². The summed E-state index contributed by atoms with van der Waals surface area (Å²) >= 11 is 0. The summed E-state index contributed by atoms with van der Waals surface area (Å²) in [6, 6.07) is 0. The molecule has 0 saturated carbocycles. The first kappa shape index (κ1) is 15.5. The molecule has 1 aromatic heterocycles. The van der Waals surface area contributed by atoms with Crippen LogP contribution in [0.5, 0.6) is 5.75 Å². The molecule has 1 aliphatic rings. The van der Waals surface area contributed by atoms with Gasteiger partial charge >= 0.3 is 13.3 Å². The van der Waals surface area contributed by atoms with Gasteiger partial charge in [0, 0.05) is 13.1 Å². The van der Waals surface area contributed by atoms with Crippen LogP contribution in [0.1, 0.15) is 19.8 Å². The Bertz CT molecular complexity index is 462. The van der Waals surface area contributed by atoms with Crippen LogP contribution in [0, 0.1) is 5.92 Å². The molecule has 9 heteroatoms. The topological polar surface area (TPSA) is 105 Å². The van der Waals surface area contributed by atoms with E-state index in [0.717, 1.165) is 0 Å². The fraction of sp³-hybridized carbons (Fsp3) is 0.583. The molecule has 0 aromatic carbocycles. The molecular formula is C12H18BN3O5. The SMILES string of the molecule is CCOC(=O)C1CCN(c2ncc(OB(O)O)cn2)CC1. The molecule has 2 N–H and O–H groups in total. The van der Waals surface area contributed by atoms with E-state index in [1.807, 2.05) is 4.90 Å². The average Bonchev–Trinajstić information content (AvgIpc) is 2.48. The maximum Gasteiger partial charge on any atom is 0.707 e. The zero-order valence-electron chi connectivity index (χ0n) is 11.8. The molecule has 0 aliphatic carbocycles. The highest BCUT2D eigenvalue weighted by Gasteiger charge is 2.27. The van der Waals surface area contributed by atoms with E-state index in [1.165, 1.54) is 12.4 Å². The Morgan fingerprint density at radius 3 is 2.52 bits per heavy atom. The van der Waals surface area contributed by atoms with Crippen molar-refractivity contribution in [1.82, 2.24) is 9.97 Å². The van der Waals surface area contributed by atoms with E-state index in [1.54, 1.807) is 6.92 Å². The van der Waals surface area contributed by atoms with E-state index >= 15 is 0 Å². The summed E-state index contributed by atoms with van der Waals surface area (Å²) < 4.78 is 9.66. The minimum Gasteiger partial charge on any atom is -0.509 e. The third kappa shape index (κ3) is 4.30. The first-order valence-corrected chi connectivity index (χ1v) is 6.86. The van der Waals surface area contributed by atoms with E-state index in [4.69, 9.17) is 14.8 Å². The number of carbonyl (C=O) groups is 1. The third-order valence-electron chi connectivity index (χ3n) is 3.25. The van der Waals surface area contributed by atoms with Gasteiger partial charge in [-0.05, 0) is 19.8 Å². The van der Waals surface area contributed by atoms with Gasteiger partial charge in [0.15, 0.2) is 0 Å². The number of nitrogens with zero attached hydrogens (tertiary/aromatic N) is 3. The molecule has 2 heterocycles. The van der Waals surface area contributed by atoms with Crippen LogP contribution in [0.15, 0.2) is 12.4 Å². The predicted molar refractivity (Wildman–Crippen MR) is 74.4 cm³/mol. The Balaban J connectivity index is 1.88. The van der Waals surface area contributed by atoms with E-state index in [2.05, 4.69) is 14.6 Å². The van der Waals surface area contributed by atoms with Crippen LogP contribution < -0.4 is 9.55 Å². The van der Waals surface area contributed by atoms with Crippen molar-refractivity contribution in [3.63, 3.8) is 0 Å². The van der Waals surface area contributed by atoms with Crippen LogP contribution in [0.4, 0.5) is 5.95 Å². The minimum absolute atomic E-state index is 0.0617. The number of hydrogen-bond donors (Lipinski definition) is 2. The van der Waals surface area contributed by atoms with Gasteiger partial charge in [-0.25, -0.2) is 9.97 Å². The van der Waals surface area contributed by atoms with Crippen LogP contribution in [0.2, 0.25) is 0 Å². The van der Waals surface area contributed by atoms with Crippen molar-refractivity contribution in [2.24, 2.45) is 5.92 Å². The Morgan fingerprint density at radius 1 is 1.38 bits per heavy atom. The summed E-state index contributed by atoms with van der Waals surface area (Å²) in [5.74, 6) is 0.499. The van der Waals surface area contributed by atoms with Crippen LogP contribution in [-0.4, -0.2) is 53.0 Å². The van der Waals surface area contributed by atoms with Crippen molar-refractivity contribution in [3.8, 4) is 5.75 Å². The number of carbonyl (C=O) groups excluding carboxylic acids is 1. The van der Waals surface area contributed by atoms with Gasteiger partial charge in [0.2, 0.25) is 5.95 Å². The van der Waals surface area contributed by atoms with Gasteiger partial charge in [-0.1, -0.05) is 0 Å². The van der Waals surface area contributed by atoms with Crippen LogP contribution in [0.25, 0.3) is 0 Å². The zero-order valence-corrected chi connectivity index (χ0v) is 11.8. The standard InChI is InChI=1S/C12H18BN3O5/c1-2-20-11(17)9-3-5-16(6-4-9)12-14-7-10(8-15-12)21-13(18)19/h7-9,18-19H,2-6H2,1H3. The lowest BCUT2D eigenvalue weighted by atomic mass is 9.97. The Kier molecular flexibility index (Phi) is 5.35. The van der Waals surface area contributed by atoms with Gasteiger partial charge in [0.1, 0.15) is 5.75 Å². The molecule has 114 valence electrons. The van der Waals surface area contributed by atoms with Gasteiger partial charge in [-0.3, -0.25) is 4.79 Å². The largest absolute Gasteiger partial charge is 0.707 e. The molecule has 0 unspecified atom stereocenters. The second kappa shape index (κ2) is 7.23. The first-order chi connectivity index (χ1) is 10.1. The average molecular weight is 295 g/mol. The smallest absolute Gasteiger partial charge is 0.509 e. The molecule has 1 aliphatic heterocycles. The number of anilines is 1. The van der Waals surface area contributed by atoms with Crippen LogP contribution >= 0.6 is 0 Å². The molecule has 2 rings (SSSR count). The molecular weight excluding hydrogens is 277 g/mol. The summed E-state index contributed by atoms with van der Waals surface area (Å²) in [7, 11) is -1.89. The molecule has 0 radical (unpaired) electrons. The zero-order chi connectivity index (χ0) is 15.2. The van der Waals surface area contributed by atoms with Gasteiger partial charge in [-0.15, -0.1) is 0 Å². The lowest BCUT2D eigenvalue weighted by Gasteiger charge is -2.30. The molecule has 0 bridgehead atoms. The number of aromatic nitrogens is 2.